The first kappa shape index (κ1) is 16.0. The van der Waals surface area contributed by atoms with Crippen LogP contribution in [0.25, 0.3) is 0 Å². The Bertz CT molecular complexity index is 205. The maximum absolute atomic E-state index is 3.57. The second-order valence-corrected chi connectivity index (χ2v) is 6.07. The van der Waals surface area contributed by atoms with E-state index < -0.39 is 0 Å². The van der Waals surface area contributed by atoms with Crippen molar-refractivity contribution in [3.63, 3.8) is 0 Å². The Morgan fingerprint density at radius 3 is 2.61 bits per heavy atom. The summed E-state index contributed by atoms with van der Waals surface area (Å²) in [5, 5.41) is 3.57. The Labute approximate surface area is 115 Å². The molecule has 2 nitrogen and oxygen atoms in total. The summed E-state index contributed by atoms with van der Waals surface area (Å²) in [5.41, 5.74) is 0. The Morgan fingerprint density at radius 1 is 1.22 bits per heavy atom. The van der Waals surface area contributed by atoms with Gasteiger partial charge in [-0.2, -0.15) is 0 Å². The van der Waals surface area contributed by atoms with E-state index in [1.807, 2.05) is 0 Å². The Kier molecular flexibility index (Phi) is 7.92. The lowest BCUT2D eigenvalue weighted by Gasteiger charge is -2.41. The molecule has 18 heavy (non-hydrogen) atoms. The van der Waals surface area contributed by atoms with Gasteiger partial charge in [-0.3, -0.25) is 4.90 Å². The van der Waals surface area contributed by atoms with Crippen molar-refractivity contribution in [2.75, 3.05) is 26.2 Å². The third kappa shape index (κ3) is 4.89. The lowest BCUT2D eigenvalue weighted by atomic mass is 9.92. The van der Waals surface area contributed by atoms with Crippen LogP contribution in [0.5, 0.6) is 0 Å². The van der Waals surface area contributed by atoms with Crippen LogP contribution in [0.4, 0.5) is 0 Å². The predicted molar refractivity (Wildman–Crippen MR) is 81.0 cm³/mol. The van der Waals surface area contributed by atoms with Gasteiger partial charge in [-0.05, 0) is 18.3 Å². The molecule has 3 unspecified atom stereocenters. The summed E-state index contributed by atoms with van der Waals surface area (Å²) in [6, 6.07) is 0.763. The van der Waals surface area contributed by atoms with Crippen molar-refractivity contribution in [1.29, 1.82) is 0 Å². The number of hydrogen-bond donors (Lipinski definition) is 1. The van der Waals surface area contributed by atoms with Crippen LogP contribution in [-0.4, -0.2) is 37.1 Å². The standard InChI is InChI=1S/C16H34N2/c1-5-8-9-15(7-3)13-18-11-10-17-12-16(18)14(4)6-2/h14-17H,5-13H2,1-4H3. The first-order chi connectivity index (χ1) is 8.72. The zero-order chi connectivity index (χ0) is 13.4. The smallest absolute Gasteiger partial charge is 0.0246 e. The van der Waals surface area contributed by atoms with E-state index in [4.69, 9.17) is 0 Å². The molecule has 0 radical (unpaired) electrons. The highest BCUT2D eigenvalue weighted by Crippen LogP contribution is 2.21. The molecule has 1 aliphatic heterocycles. The zero-order valence-electron chi connectivity index (χ0n) is 13.0. The number of nitrogens with one attached hydrogen (secondary N) is 1. The average molecular weight is 254 g/mol. The summed E-state index contributed by atoms with van der Waals surface area (Å²) in [7, 11) is 0. The first-order valence-corrected chi connectivity index (χ1v) is 8.17. The summed E-state index contributed by atoms with van der Waals surface area (Å²) >= 11 is 0. The van der Waals surface area contributed by atoms with Crippen molar-refractivity contribution < 1.29 is 0 Å². The van der Waals surface area contributed by atoms with E-state index in [1.165, 1.54) is 58.3 Å². The van der Waals surface area contributed by atoms with Crippen LogP contribution in [0.3, 0.4) is 0 Å². The fourth-order valence-corrected chi connectivity index (χ4v) is 3.08. The highest BCUT2D eigenvalue weighted by atomic mass is 15.2. The molecular formula is C16H34N2. The van der Waals surface area contributed by atoms with Gasteiger partial charge in [-0.1, -0.05) is 53.4 Å². The third-order valence-electron chi connectivity index (χ3n) is 4.74. The van der Waals surface area contributed by atoms with E-state index in [1.54, 1.807) is 0 Å². The van der Waals surface area contributed by atoms with E-state index in [-0.39, 0.29) is 0 Å². The Hall–Kier alpha value is -0.0800. The molecule has 1 aliphatic rings. The van der Waals surface area contributed by atoms with Crippen LogP contribution < -0.4 is 5.32 Å². The monoisotopic (exact) mass is 254 g/mol. The molecule has 1 saturated heterocycles. The van der Waals surface area contributed by atoms with E-state index >= 15 is 0 Å². The quantitative estimate of drug-likeness (QED) is 0.713. The summed E-state index contributed by atoms with van der Waals surface area (Å²) in [5.74, 6) is 1.73. The molecule has 0 amide bonds. The molecule has 0 spiro atoms. The van der Waals surface area contributed by atoms with Gasteiger partial charge >= 0.3 is 0 Å². The minimum Gasteiger partial charge on any atom is -0.314 e. The van der Waals surface area contributed by atoms with E-state index in [2.05, 4.69) is 37.9 Å². The van der Waals surface area contributed by atoms with Gasteiger partial charge in [-0.15, -0.1) is 0 Å². The summed E-state index contributed by atoms with van der Waals surface area (Å²) in [4.78, 5) is 2.77. The Balaban J connectivity index is 2.49. The fourth-order valence-electron chi connectivity index (χ4n) is 3.08. The number of rotatable bonds is 8. The lowest BCUT2D eigenvalue weighted by Crippen LogP contribution is -2.55. The molecule has 1 rings (SSSR count). The topological polar surface area (TPSA) is 15.3 Å². The highest BCUT2D eigenvalue weighted by molar-refractivity contribution is 4.84. The van der Waals surface area contributed by atoms with Crippen molar-refractivity contribution in [3.8, 4) is 0 Å². The van der Waals surface area contributed by atoms with Crippen molar-refractivity contribution in [3.05, 3.63) is 0 Å². The number of nitrogens with zero attached hydrogens (tertiary/aromatic N) is 1. The van der Waals surface area contributed by atoms with Crippen LogP contribution in [0.15, 0.2) is 0 Å². The molecule has 0 bridgehead atoms. The van der Waals surface area contributed by atoms with Crippen molar-refractivity contribution in [1.82, 2.24) is 10.2 Å². The predicted octanol–water partition coefficient (Wildman–Crippen LogP) is 3.52. The van der Waals surface area contributed by atoms with E-state index in [9.17, 15) is 0 Å². The van der Waals surface area contributed by atoms with Crippen LogP contribution in [0, 0.1) is 11.8 Å². The van der Waals surface area contributed by atoms with Gasteiger partial charge in [0.15, 0.2) is 0 Å². The Morgan fingerprint density at radius 2 is 2.00 bits per heavy atom. The highest BCUT2D eigenvalue weighted by Gasteiger charge is 2.27. The van der Waals surface area contributed by atoms with Gasteiger partial charge < -0.3 is 5.32 Å². The van der Waals surface area contributed by atoms with Crippen LogP contribution in [0.1, 0.15) is 59.8 Å². The molecule has 1 N–H and O–H groups in total. The lowest BCUT2D eigenvalue weighted by molar-refractivity contribution is 0.0942. The molecule has 3 atom stereocenters. The van der Waals surface area contributed by atoms with Crippen molar-refractivity contribution in [2.24, 2.45) is 11.8 Å². The minimum absolute atomic E-state index is 0.763. The van der Waals surface area contributed by atoms with E-state index in [0.29, 0.717) is 0 Å². The molecule has 1 fully saturated rings. The number of hydrogen-bond acceptors (Lipinski definition) is 2. The number of unbranched alkanes of at least 4 members (excludes halogenated alkanes) is 1. The van der Waals surface area contributed by atoms with Crippen molar-refractivity contribution in [2.45, 2.75) is 65.8 Å². The molecule has 0 aliphatic carbocycles. The minimum atomic E-state index is 0.763. The zero-order valence-corrected chi connectivity index (χ0v) is 13.0. The van der Waals surface area contributed by atoms with Gasteiger partial charge in [-0.25, -0.2) is 0 Å². The second kappa shape index (κ2) is 8.92. The van der Waals surface area contributed by atoms with Gasteiger partial charge in [0.2, 0.25) is 0 Å². The van der Waals surface area contributed by atoms with Gasteiger partial charge in [0.1, 0.15) is 0 Å². The third-order valence-corrected chi connectivity index (χ3v) is 4.74. The molecule has 0 aromatic rings. The molecule has 1 heterocycles. The molecule has 0 aromatic heterocycles. The second-order valence-electron chi connectivity index (χ2n) is 6.07. The first-order valence-electron chi connectivity index (χ1n) is 8.17. The van der Waals surface area contributed by atoms with Crippen molar-refractivity contribution >= 4 is 0 Å². The maximum Gasteiger partial charge on any atom is 0.0246 e. The van der Waals surface area contributed by atoms with Crippen LogP contribution in [-0.2, 0) is 0 Å². The number of piperazine rings is 1. The van der Waals surface area contributed by atoms with Gasteiger partial charge in [0, 0.05) is 32.2 Å². The molecule has 0 aromatic carbocycles. The van der Waals surface area contributed by atoms with Crippen LogP contribution in [0.2, 0.25) is 0 Å². The van der Waals surface area contributed by atoms with Crippen LogP contribution >= 0.6 is 0 Å². The summed E-state index contributed by atoms with van der Waals surface area (Å²) in [6.45, 7) is 14.4. The average Bonchev–Trinajstić information content (AvgIpc) is 2.43. The summed E-state index contributed by atoms with van der Waals surface area (Å²) in [6.07, 6.45) is 6.81. The molecule has 2 heteroatoms. The largest absolute Gasteiger partial charge is 0.314 e. The SMILES string of the molecule is CCCCC(CC)CN1CCNCC1C(C)CC. The summed E-state index contributed by atoms with van der Waals surface area (Å²) < 4.78 is 0. The molecular weight excluding hydrogens is 220 g/mol. The fraction of sp³-hybridized carbons (Fsp3) is 1.00. The maximum atomic E-state index is 3.57. The normalized spacial score (nSPS) is 25.0. The van der Waals surface area contributed by atoms with E-state index in [0.717, 1.165) is 17.9 Å². The van der Waals surface area contributed by atoms with Gasteiger partial charge in [0.25, 0.3) is 0 Å². The molecule has 0 saturated carbocycles. The van der Waals surface area contributed by atoms with Gasteiger partial charge in [0.05, 0.1) is 0 Å². The molecule has 108 valence electrons.